The highest BCUT2D eigenvalue weighted by molar-refractivity contribution is 5.94. The first-order chi connectivity index (χ1) is 7.27. The van der Waals surface area contributed by atoms with Gasteiger partial charge in [-0.2, -0.15) is 0 Å². The lowest BCUT2D eigenvalue weighted by atomic mass is 10.2. The monoisotopic (exact) mass is 207 g/mol. The zero-order chi connectivity index (χ0) is 11.1. The summed E-state index contributed by atoms with van der Waals surface area (Å²) in [6.07, 6.45) is 0. The minimum absolute atomic E-state index is 0.0864. The summed E-state index contributed by atoms with van der Waals surface area (Å²) in [7, 11) is 0. The third-order valence-electron chi connectivity index (χ3n) is 1.69. The Kier molecular flexibility index (Phi) is 4.15. The molecule has 1 aromatic rings. The zero-order valence-electron chi connectivity index (χ0n) is 7.97. The van der Waals surface area contributed by atoms with E-state index in [4.69, 9.17) is 10.6 Å². The van der Waals surface area contributed by atoms with E-state index in [1.807, 2.05) is 0 Å². The largest absolute Gasteiger partial charge is 0.395 e. The quantitative estimate of drug-likeness (QED) is 0.497. The van der Waals surface area contributed by atoms with Gasteiger partial charge in [-0.3, -0.25) is 4.79 Å². The number of aliphatic hydroxyl groups is 1. The second-order valence-corrected chi connectivity index (χ2v) is 2.73. The number of carbonyl (C=O) groups is 1. The summed E-state index contributed by atoms with van der Waals surface area (Å²) >= 11 is 0. The Morgan fingerprint density at radius 3 is 2.67 bits per heavy atom. The summed E-state index contributed by atoms with van der Waals surface area (Å²) in [5, 5.41) is 14.5. The number of rotatable bonds is 4. The molecule has 0 aromatic heterocycles. The number of carbonyl (C=O) groups excluding carboxylic acids is 1. The number of aliphatic hydroxyl groups excluding tert-OH is 1. The van der Waals surface area contributed by atoms with E-state index in [0.29, 0.717) is 11.3 Å². The van der Waals surface area contributed by atoms with Crippen molar-refractivity contribution in [1.82, 2.24) is 10.2 Å². The Morgan fingerprint density at radius 1 is 1.47 bits per heavy atom. The Bertz CT molecular complexity index is 382. The fourth-order valence-electron chi connectivity index (χ4n) is 1.01. The molecule has 0 saturated carbocycles. The molecule has 0 aliphatic carbocycles. The van der Waals surface area contributed by atoms with Crippen molar-refractivity contribution in [3.05, 3.63) is 29.8 Å². The SMILES string of the molecule is N=[N+]=Nc1ccc(C(=O)NCCO)cc1. The maximum absolute atomic E-state index is 11.4. The molecule has 0 heterocycles. The molecule has 0 unspecified atom stereocenters. The molecule has 0 aliphatic rings. The van der Waals surface area contributed by atoms with Crippen LogP contribution in [0, 0.1) is 5.53 Å². The van der Waals surface area contributed by atoms with Gasteiger partial charge in [0.05, 0.1) is 6.61 Å². The van der Waals surface area contributed by atoms with Crippen molar-refractivity contribution < 1.29 is 9.90 Å². The van der Waals surface area contributed by atoms with Crippen LogP contribution in [-0.4, -0.2) is 24.2 Å². The number of hydrogen-bond donors (Lipinski definition) is 3. The lowest BCUT2D eigenvalue weighted by Crippen LogP contribution is -2.26. The van der Waals surface area contributed by atoms with Crippen molar-refractivity contribution >= 4 is 11.6 Å². The van der Waals surface area contributed by atoms with Crippen LogP contribution >= 0.6 is 0 Å². The lowest BCUT2D eigenvalue weighted by molar-refractivity contribution is 0.0945. The molecule has 0 radical (unpaired) electrons. The maximum atomic E-state index is 11.4. The van der Waals surface area contributed by atoms with E-state index in [2.05, 4.69) is 15.3 Å². The van der Waals surface area contributed by atoms with Crippen LogP contribution in [0.25, 0.3) is 0 Å². The predicted molar refractivity (Wildman–Crippen MR) is 52.8 cm³/mol. The molecule has 0 bridgehead atoms. The Hall–Kier alpha value is -2.04. The average Bonchev–Trinajstić information content (AvgIpc) is 2.27. The van der Waals surface area contributed by atoms with Gasteiger partial charge in [0.25, 0.3) is 5.91 Å². The lowest BCUT2D eigenvalue weighted by Gasteiger charge is -2.01. The molecule has 78 valence electrons. The molecule has 1 amide bonds. The number of amides is 1. The van der Waals surface area contributed by atoms with E-state index in [1.165, 1.54) is 0 Å². The molecule has 0 atom stereocenters. The number of nitrogens with one attached hydrogen (secondary N) is 2. The molecule has 6 heteroatoms. The summed E-state index contributed by atoms with van der Waals surface area (Å²) in [6, 6.07) is 6.34. The summed E-state index contributed by atoms with van der Waals surface area (Å²) in [4.78, 5) is 14.2. The second-order valence-electron chi connectivity index (χ2n) is 2.73. The van der Waals surface area contributed by atoms with Crippen LogP contribution in [-0.2, 0) is 0 Å². The molecular formula is C9H11N4O2+. The summed E-state index contributed by atoms with van der Waals surface area (Å²) < 4.78 is 0. The van der Waals surface area contributed by atoms with Gasteiger partial charge in [0.15, 0.2) is 10.8 Å². The molecule has 0 aliphatic heterocycles. The fourth-order valence-corrected chi connectivity index (χ4v) is 1.01. The highest BCUT2D eigenvalue weighted by Gasteiger charge is 2.04. The van der Waals surface area contributed by atoms with Crippen molar-refractivity contribution in [3.8, 4) is 0 Å². The third kappa shape index (κ3) is 3.30. The molecule has 0 fully saturated rings. The number of hydrogen-bond acceptors (Lipinski definition) is 4. The molecule has 1 rings (SSSR count). The minimum Gasteiger partial charge on any atom is -0.395 e. The smallest absolute Gasteiger partial charge is 0.251 e. The number of nitrogens with zero attached hydrogens (tertiary/aromatic N) is 2. The van der Waals surface area contributed by atoms with Crippen LogP contribution in [0.2, 0.25) is 0 Å². The van der Waals surface area contributed by atoms with Crippen molar-refractivity contribution in [2.24, 2.45) is 5.11 Å². The first kappa shape index (κ1) is 11.0. The molecule has 0 saturated heterocycles. The van der Waals surface area contributed by atoms with Crippen LogP contribution in [0.4, 0.5) is 5.69 Å². The molecular weight excluding hydrogens is 196 g/mol. The van der Waals surface area contributed by atoms with Gasteiger partial charge >= 0.3 is 0 Å². The first-order valence-corrected chi connectivity index (χ1v) is 4.34. The Balaban J connectivity index is 2.70. The van der Waals surface area contributed by atoms with Crippen LogP contribution in [0.5, 0.6) is 0 Å². The molecule has 6 nitrogen and oxygen atoms in total. The Morgan fingerprint density at radius 2 is 2.13 bits per heavy atom. The van der Waals surface area contributed by atoms with Crippen molar-refractivity contribution in [1.29, 1.82) is 5.53 Å². The molecule has 0 spiro atoms. The fraction of sp³-hybridized carbons (Fsp3) is 0.222. The zero-order valence-corrected chi connectivity index (χ0v) is 7.97. The highest BCUT2D eigenvalue weighted by atomic mass is 16.3. The standard InChI is InChI=1S/C9H10N4O2/c10-13-12-8-3-1-7(2-4-8)9(15)11-5-6-14/h1-4,10,14H,5-6H2/p+1. The summed E-state index contributed by atoms with van der Waals surface area (Å²) in [5.41, 5.74) is 7.52. The van der Waals surface area contributed by atoms with Gasteiger partial charge in [0.2, 0.25) is 4.91 Å². The van der Waals surface area contributed by atoms with Gasteiger partial charge in [-0.25, -0.2) is 0 Å². The summed E-state index contributed by atoms with van der Waals surface area (Å²) in [5.74, 6) is -0.251. The van der Waals surface area contributed by atoms with Gasteiger partial charge < -0.3 is 10.4 Å². The normalized spacial score (nSPS) is 9.13. The average molecular weight is 207 g/mol. The van der Waals surface area contributed by atoms with E-state index in [1.54, 1.807) is 24.3 Å². The summed E-state index contributed by atoms with van der Waals surface area (Å²) in [6.45, 7) is 0.143. The van der Waals surface area contributed by atoms with Gasteiger partial charge in [-0.05, 0) is 24.3 Å². The van der Waals surface area contributed by atoms with Crippen LogP contribution in [0.3, 0.4) is 0 Å². The predicted octanol–water partition coefficient (Wildman–Crippen LogP) is 0.591. The van der Waals surface area contributed by atoms with Crippen LogP contribution in [0.15, 0.2) is 29.4 Å². The van der Waals surface area contributed by atoms with E-state index < -0.39 is 0 Å². The van der Waals surface area contributed by atoms with Crippen molar-refractivity contribution in [3.63, 3.8) is 0 Å². The first-order valence-electron chi connectivity index (χ1n) is 4.34. The Labute approximate surface area is 86.2 Å². The maximum Gasteiger partial charge on any atom is 0.251 e. The van der Waals surface area contributed by atoms with Gasteiger partial charge in [0.1, 0.15) is 5.53 Å². The third-order valence-corrected chi connectivity index (χ3v) is 1.69. The van der Waals surface area contributed by atoms with E-state index in [-0.39, 0.29) is 19.1 Å². The van der Waals surface area contributed by atoms with Gasteiger partial charge in [-0.1, -0.05) is 0 Å². The van der Waals surface area contributed by atoms with E-state index >= 15 is 0 Å². The number of benzene rings is 1. The van der Waals surface area contributed by atoms with Gasteiger partial charge in [0, 0.05) is 12.1 Å². The highest BCUT2D eigenvalue weighted by Crippen LogP contribution is 2.11. The topological polar surface area (TPSA) is 99.6 Å². The minimum atomic E-state index is -0.251. The van der Waals surface area contributed by atoms with E-state index in [0.717, 1.165) is 0 Å². The van der Waals surface area contributed by atoms with E-state index in [9.17, 15) is 4.79 Å². The van der Waals surface area contributed by atoms with Crippen molar-refractivity contribution in [2.75, 3.05) is 13.2 Å². The molecule has 3 N–H and O–H groups in total. The van der Waals surface area contributed by atoms with Crippen LogP contribution in [0.1, 0.15) is 10.4 Å². The second kappa shape index (κ2) is 5.64. The molecule has 15 heavy (non-hydrogen) atoms. The molecule has 1 aromatic carbocycles. The van der Waals surface area contributed by atoms with Crippen molar-refractivity contribution in [2.45, 2.75) is 0 Å². The van der Waals surface area contributed by atoms with Crippen LogP contribution < -0.4 is 10.2 Å². The van der Waals surface area contributed by atoms with Gasteiger partial charge in [-0.15, -0.1) is 0 Å².